The molecule has 2 heterocycles. The molecule has 0 radical (unpaired) electrons. The highest BCUT2D eigenvalue weighted by Crippen LogP contribution is 2.40. The fraction of sp³-hybridized carbons (Fsp3) is 0.364. The number of fused-ring (bicyclic) bond motifs is 1. The highest BCUT2D eigenvalue weighted by Gasteiger charge is 2.35. The lowest BCUT2D eigenvalue weighted by Gasteiger charge is -2.26. The summed E-state index contributed by atoms with van der Waals surface area (Å²) in [7, 11) is -4.40. The fourth-order valence-corrected chi connectivity index (χ4v) is 4.61. The Hall–Kier alpha value is -3.15. The second-order valence-corrected chi connectivity index (χ2v) is 10.3. The topological polar surface area (TPSA) is 167 Å². The first-order valence-electron chi connectivity index (χ1n) is 11.0. The summed E-state index contributed by atoms with van der Waals surface area (Å²) < 4.78 is 19.6. The molecule has 0 fully saturated rings. The molecule has 3 atom stereocenters. The van der Waals surface area contributed by atoms with Crippen LogP contribution in [0.25, 0.3) is 11.2 Å². The number of benzene rings is 1. The SMILES string of the molecule is CC(C)(NOCc1ccccc1)C(=O)NP(=O)(O)OCC1C=CC(n2cnc3c(N)ncnc32)C1. The Morgan fingerprint density at radius 1 is 1.26 bits per heavy atom. The first kappa shape index (κ1) is 25.0. The number of carbonyl (C=O) groups excluding carboxylic acids is 1. The summed E-state index contributed by atoms with van der Waals surface area (Å²) in [5, 5.41) is 2.08. The molecule has 0 saturated carbocycles. The number of anilines is 1. The van der Waals surface area contributed by atoms with E-state index in [-0.39, 0.29) is 25.2 Å². The van der Waals surface area contributed by atoms with Crippen molar-refractivity contribution >= 4 is 30.6 Å². The van der Waals surface area contributed by atoms with Crippen molar-refractivity contribution in [3.8, 4) is 0 Å². The molecule has 186 valence electrons. The summed E-state index contributed by atoms with van der Waals surface area (Å²) in [4.78, 5) is 40.6. The molecule has 0 saturated heterocycles. The van der Waals surface area contributed by atoms with Gasteiger partial charge in [0.2, 0.25) is 0 Å². The molecule has 12 nitrogen and oxygen atoms in total. The van der Waals surface area contributed by atoms with Gasteiger partial charge in [-0.05, 0) is 25.8 Å². The molecule has 1 aliphatic rings. The Bertz CT molecular complexity index is 1260. The molecule has 13 heteroatoms. The van der Waals surface area contributed by atoms with E-state index in [1.807, 2.05) is 47.1 Å². The van der Waals surface area contributed by atoms with Crippen LogP contribution in [0, 0.1) is 5.92 Å². The standard InChI is InChI=1S/C22H28N7O5P/c1-22(2,28-33-11-15-6-4-3-5-7-15)21(30)27-35(31,32)34-12-16-8-9-17(10-16)29-14-26-18-19(23)24-13-25-20(18)29/h3-9,13-14,16-17,28H,10-12H2,1-2H3,(H2,23,24,25)(H2,27,30,31,32). The number of hydrogen-bond acceptors (Lipinski definition) is 9. The monoisotopic (exact) mass is 501 g/mol. The minimum Gasteiger partial charge on any atom is -0.382 e. The summed E-state index contributed by atoms with van der Waals surface area (Å²) >= 11 is 0. The van der Waals surface area contributed by atoms with Crippen molar-refractivity contribution in [1.29, 1.82) is 0 Å². The molecular formula is C22H28N7O5P. The maximum atomic E-state index is 12.6. The fourth-order valence-electron chi connectivity index (χ4n) is 3.61. The minimum absolute atomic E-state index is 0.0524. The average Bonchev–Trinajstić information content (AvgIpc) is 3.46. The quantitative estimate of drug-likeness (QED) is 0.184. The molecule has 5 N–H and O–H groups in total. The van der Waals surface area contributed by atoms with Gasteiger partial charge < -0.3 is 15.2 Å². The second-order valence-electron chi connectivity index (χ2n) is 8.79. The second kappa shape index (κ2) is 10.2. The van der Waals surface area contributed by atoms with Crippen molar-refractivity contribution < 1.29 is 23.6 Å². The average molecular weight is 501 g/mol. The highest BCUT2D eigenvalue weighted by atomic mass is 31.2. The zero-order valence-electron chi connectivity index (χ0n) is 19.4. The lowest BCUT2D eigenvalue weighted by Crippen LogP contribution is -2.51. The van der Waals surface area contributed by atoms with E-state index >= 15 is 0 Å². The van der Waals surface area contributed by atoms with Gasteiger partial charge in [-0.25, -0.2) is 19.5 Å². The molecule has 3 aromatic rings. The van der Waals surface area contributed by atoms with Crippen molar-refractivity contribution in [2.45, 2.75) is 38.5 Å². The molecule has 1 aromatic carbocycles. The number of nitrogens with two attached hydrogens (primary N) is 1. The predicted molar refractivity (Wildman–Crippen MR) is 128 cm³/mol. The van der Waals surface area contributed by atoms with Gasteiger partial charge in [0.1, 0.15) is 17.4 Å². The van der Waals surface area contributed by atoms with Crippen LogP contribution in [0.1, 0.15) is 31.9 Å². The van der Waals surface area contributed by atoms with E-state index in [1.54, 1.807) is 6.33 Å². The number of hydroxylamine groups is 1. The van der Waals surface area contributed by atoms with Gasteiger partial charge in [0, 0.05) is 5.92 Å². The molecular weight excluding hydrogens is 473 g/mol. The third kappa shape index (κ3) is 6.11. The Kier molecular flexibility index (Phi) is 7.29. The molecule has 4 rings (SSSR count). The number of carbonyl (C=O) groups is 1. The Morgan fingerprint density at radius 3 is 2.80 bits per heavy atom. The smallest absolute Gasteiger partial charge is 0.382 e. The van der Waals surface area contributed by atoms with Gasteiger partial charge in [-0.2, -0.15) is 5.48 Å². The van der Waals surface area contributed by atoms with E-state index in [4.69, 9.17) is 15.1 Å². The van der Waals surface area contributed by atoms with E-state index in [0.29, 0.717) is 23.4 Å². The number of nitrogens with one attached hydrogen (secondary N) is 2. The van der Waals surface area contributed by atoms with Crippen LogP contribution in [0.15, 0.2) is 55.1 Å². The summed E-state index contributed by atoms with van der Waals surface area (Å²) in [6.45, 7) is 3.24. The van der Waals surface area contributed by atoms with E-state index in [2.05, 4.69) is 25.5 Å². The maximum Gasteiger partial charge on any atom is 0.432 e. The van der Waals surface area contributed by atoms with E-state index in [9.17, 15) is 14.3 Å². The van der Waals surface area contributed by atoms with Crippen LogP contribution in [0.3, 0.4) is 0 Å². The van der Waals surface area contributed by atoms with Crippen LogP contribution in [0.2, 0.25) is 0 Å². The van der Waals surface area contributed by atoms with Crippen molar-refractivity contribution in [3.63, 3.8) is 0 Å². The number of hydrogen-bond donors (Lipinski definition) is 4. The number of imidazole rings is 1. The summed E-state index contributed by atoms with van der Waals surface area (Å²) in [6, 6.07) is 9.33. The Balaban J connectivity index is 1.26. The first-order valence-corrected chi connectivity index (χ1v) is 12.6. The van der Waals surface area contributed by atoms with Crippen molar-refractivity contribution in [2.75, 3.05) is 12.3 Å². The van der Waals surface area contributed by atoms with Gasteiger partial charge in [0.15, 0.2) is 11.5 Å². The molecule has 0 bridgehead atoms. The third-order valence-electron chi connectivity index (χ3n) is 5.58. The lowest BCUT2D eigenvalue weighted by atomic mass is 10.1. The lowest BCUT2D eigenvalue weighted by molar-refractivity contribution is -0.132. The van der Waals surface area contributed by atoms with Crippen LogP contribution in [0.4, 0.5) is 5.82 Å². The van der Waals surface area contributed by atoms with E-state index < -0.39 is 19.2 Å². The van der Waals surface area contributed by atoms with Gasteiger partial charge in [-0.1, -0.05) is 42.5 Å². The first-order chi connectivity index (χ1) is 16.6. The molecule has 1 amide bonds. The van der Waals surface area contributed by atoms with Gasteiger partial charge in [0.25, 0.3) is 5.91 Å². The summed E-state index contributed by atoms with van der Waals surface area (Å²) in [5.41, 5.74) is 9.24. The van der Waals surface area contributed by atoms with Crippen LogP contribution in [0.5, 0.6) is 0 Å². The molecule has 3 unspecified atom stereocenters. The van der Waals surface area contributed by atoms with Crippen LogP contribution >= 0.6 is 7.75 Å². The van der Waals surface area contributed by atoms with E-state index in [1.165, 1.54) is 20.2 Å². The summed E-state index contributed by atoms with van der Waals surface area (Å²) in [6.07, 6.45) is 7.46. The Labute approximate surface area is 202 Å². The van der Waals surface area contributed by atoms with Gasteiger partial charge in [-0.3, -0.25) is 19.2 Å². The predicted octanol–water partition coefficient (Wildman–Crippen LogP) is 2.26. The summed E-state index contributed by atoms with van der Waals surface area (Å²) in [5.74, 6) is -0.580. The van der Waals surface area contributed by atoms with Crippen LogP contribution < -0.4 is 16.3 Å². The van der Waals surface area contributed by atoms with Gasteiger partial charge in [-0.15, -0.1) is 0 Å². The number of allylic oxidation sites excluding steroid dienone is 1. The van der Waals surface area contributed by atoms with Crippen LogP contribution in [-0.4, -0.2) is 42.5 Å². The van der Waals surface area contributed by atoms with Crippen molar-refractivity contribution in [3.05, 3.63) is 60.7 Å². The van der Waals surface area contributed by atoms with Gasteiger partial charge in [0.05, 0.1) is 25.6 Å². The molecule has 2 aromatic heterocycles. The largest absolute Gasteiger partial charge is 0.432 e. The number of nitrogen functional groups attached to an aromatic ring is 1. The number of rotatable bonds is 10. The molecule has 0 spiro atoms. The zero-order valence-corrected chi connectivity index (χ0v) is 20.3. The number of amides is 1. The molecule has 0 aliphatic heterocycles. The van der Waals surface area contributed by atoms with Crippen LogP contribution in [-0.2, 0) is 25.3 Å². The minimum atomic E-state index is -4.40. The van der Waals surface area contributed by atoms with Crippen molar-refractivity contribution in [1.82, 2.24) is 30.1 Å². The third-order valence-corrected chi connectivity index (χ3v) is 6.56. The normalized spacial score (nSPS) is 19.6. The van der Waals surface area contributed by atoms with E-state index in [0.717, 1.165) is 5.56 Å². The molecule has 1 aliphatic carbocycles. The van der Waals surface area contributed by atoms with Gasteiger partial charge >= 0.3 is 7.75 Å². The molecule has 35 heavy (non-hydrogen) atoms. The van der Waals surface area contributed by atoms with Crippen molar-refractivity contribution in [2.24, 2.45) is 5.92 Å². The number of nitrogens with zero attached hydrogens (tertiary/aromatic N) is 4. The zero-order chi connectivity index (χ0) is 25.1. The Morgan fingerprint density at radius 2 is 2.03 bits per heavy atom. The number of aromatic nitrogens is 4. The maximum absolute atomic E-state index is 12.6. The highest BCUT2D eigenvalue weighted by molar-refractivity contribution is 7.51.